The van der Waals surface area contributed by atoms with E-state index in [2.05, 4.69) is 19.9 Å². The molecule has 1 spiro atoms. The van der Waals surface area contributed by atoms with Crippen LogP contribution >= 0.6 is 22.7 Å². The molecule has 2 saturated heterocycles. The third kappa shape index (κ3) is 10.0. The lowest BCUT2D eigenvalue weighted by molar-refractivity contribution is -0.205. The zero-order valence-electron chi connectivity index (χ0n) is 30.3. The van der Waals surface area contributed by atoms with Crippen LogP contribution in [0.1, 0.15) is 57.8 Å². The molecule has 0 aliphatic carbocycles. The van der Waals surface area contributed by atoms with Gasteiger partial charge in [0.05, 0.1) is 29.0 Å². The fourth-order valence-electron chi connectivity index (χ4n) is 6.88. The maximum atomic E-state index is 15.8. The molecule has 1 atom stereocenters. The van der Waals surface area contributed by atoms with Crippen LogP contribution in [0.3, 0.4) is 0 Å². The lowest BCUT2D eigenvalue weighted by Gasteiger charge is -2.47. The van der Waals surface area contributed by atoms with Crippen molar-refractivity contribution in [2.45, 2.75) is 63.2 Å². The number of amides is 1. The first-order valence-corrected chi connectivity index (χ1v) is 19.6. The second kappa shape index (κ2) is 17.2. The van der Waals surface area contributed by atoms with Crippen molar-refractivity contribution in [2.24, 2.45) is 0 Å². The maximum Gasteiger partial charge on any atom is 0.491 e. The van der Waals surface area contributed by atoms with Crippen LogP contribution in [0.25, 0.3) is 10.2 Å². The average Bonchev–Trinajstić information content (AvgIpc) is 3.81. The molecular formula is C37H37F7N4O7S2. The van der Waals surface area contributed by atoms with Gasteiger partial charge in [0.1, 0.15) is 17.4 Å². The number of ether oxygens (including phenoxy) is 3. The van der Waals surface area contributed by atoms with Gasteiger partial charge in [-0.25, -0.2) is 14.0 Å². The largest absolute Gasteiger partial charge is 0.491 e. The van der Waals surface area contributed by atoms with Crippen molar-refractivity contribution in [3.63, 3.8) is 0 Å². The zero-order chi connectivity index (χ0) is 41.1. The number of benzene rings is 2. The molecule has 0 saturated carbocycles. The number of nitrogens with one attached hydrogen (secondary N) is 2. The number of halogens is 7. The number of thiazole rings is 1. The number of likely N-dealkylation sites (tertiary alicyclic amines) is 1. The molecule has 4 heterocycles. The van der Waals surface area contributed by atoms with Gasteiger partial charge in [0.2, 0.25) is 0 Å². The fourth-order valence-corrected chi connectivity index (χ4v) is 8.60. The van der Waals surface area contributed by atoms with Crippen molar-refractivity contribution in [2.75, 3.05) is 45.9 Å². The molecule has 11 nitrogen and oxygen atoms in total. The molecule has 2 aliphatic rings. The first kappa shape index (κ1) is 42.2. The number of hydrogen-bond donors (Lipinski definition) is 2. The molecule has 2 aliphatic heterocycles. The molecule has 1 amide bonds. The van der Waals surface area contributed by atoms with Crippen molar-refractivity contribution in [1.82, 2.24) is 20.1 Å². The number of rotatable bonds is 12. The Kier molecular flexibility index (Phi) is 12.8. The normalized spacial score (nSPS) is 16.9. The second-order valence-corrected chi connectivity index (χ2v) is 15.7. The number of carbonyl (C=O) groups is 3. The smallest absolute Gasteiger partial charge is 0.449 e. The Morgan fingerprint density at radius 3 is 2.42 bits per heavy atom. The number of aryl methyl sites for hydroxylation is 1. The Balaban J connectivity index is 1.07. The molecule has 4 aromatic rings. The summed E-state index contributed by atoms with van der Waals surface area (Å²) in [5, 5.41) is 4.72. The molecule has 2 N–H and O–H groups in total. The topological polar surface area (TPSA) is 130 Å². The number of hydrogen-bond acceptors (Lipinski definition) is 11. The summed E-state index contributed by atoms with van der Waals surface area (Å²) in [5.74, 6) is -6.35. The van der Waals surface area contributed by atoms with Gasteiger partial charge in [-0.1, -0.05) is 36.5 Å². The van der Waals surface area contributed by atoms with Gasteiger partial charge in [-0.05, 0) is 56.0 Å². The second-order valence-electron chi connectivity index (χ2n) is 13.7. The van der Waals surface area contributed by atoms with Gasteiger partial charge in [0.15, 0.2) is 5.75 Å². The molecule has 2 aromatic carbocycles. The Hall–Kier alpha value is -4.37. The highest BCUT2D eigenvalue weighted by Gasteiger charge is 2.44. The average molecular weight is 847 g/mol. The molecule has 0 radical (unpaired) electrons. The quantitative estimate of drug-likeness (QED) is 0.0730. The van der Waals surface area contributed by atoms with Crippen molar-refractivity contribution in [3.05, 3.63) is 84.4 Å². The lowest BCUT2D eigenvalue weighted by Crippen LogP contribution is -2.57. The molecule has 20 heteroatoms. The van der Waals surface area contributed by atoms with E-state index in [-0.39, 0.29) is 29.1 Å². The number of H-pyrrole nitrogens is 1. The van der Waals surface area contributed by atoms with E-state index in [0.29, 0.717) is 80.2 Å². The Morgan fingerprint density at radius 2 is 1.74 bits per heavy atom. The number of thiophene rings is 1. The molecular weight excluding hydrogens is 810 g/mol. The highest BCUT2D eigenvalue weighted by Crippen LogP contribution is 2.36. The van der Waals surface area contributed by atoms with E-state index in [1.807, 2.05) is 23.3 Å². The molecule has 2 aromatic heterocycles. The summed E-state index contributed by atoms with van der Waals surface area (Å²) in [7, 11) is 0. The first-order valence-electron chi connectivity index (χ1n) is 17.9. The number of esters is 2. The number of morpholine rings is 1. The highest BCUT2D eigenvalue weighted by atomic mass is 32.1. The van der Waals surface area contributed by atoms with E-state index in [1.54, 1.807) is 29.5 Å². The predicted octanol–water partition coefficient (Wildman–Crippen LogP) is 6.31. The van der Waals surface area contributed by atoms with E-state index >= 15 is 4.39 Å². The van der Waals surface area contributed by atoms with Gasteiger partial charge in [-0.15, -0.1) is 11.3 Å². The molecule has 0 unspecified atom stereocenters. The van der Waals surface area contributed by atoms with Gasteiger partial charge < -0.3 is 29.4 Å². The van der Waals surface area contributed by atoms with Crippen LogP contribution in [0.2, 0.25) is 0 Å². The van der Waals surface area contributed by atoms with Crippen LogP contribution in [0, 0.1) is 5.82 Å². The van der Waals surface area contributed by atoms with E-state index < -0.39 is 64.5 Å². The SMILES string of the molecule is CCc1cc(C(=O)N2CCOC3(CCN(Cc4cccc(CCNC[C@H](OC(=O)C(F)(F)F)c5ccc(OC(=O)C(F)(F)F)c6[nH]c(=O)sc56)c4F)CC3)C2)cs1. The van der Waals surface area contributed by atoms with Gasteiger partial charge in [-0.3, -0.25) is 14.5 Å². The number of carbonyl (C=O) groups excluding carboxylic acids is 3. The minimum atomic E-state index is -5.41. The summed E-state index contributed by atoms with van der Waals surface area (Å²) in [6.07, 6.45) is -10.3. The van der Waals surface area contributed by atoms with Gasteiger partial charge >= 0.3 is 29.2 Å². The highest BCUT2D eigenvalue weighted by molar-refractivity contribution is 7.16. The van der Waals surface area contributed by atoms with Crippen molar-refractivity contribution in [3.8, 4) is 5.75 Å². The zero-order valence-corrected chi connectivity index (χ0v) is 32.0. The number of nitrogens with zero attached hydrogens (tertiary/aromatic N) is 2. The van der Waals surface area contributed by atoms with Crippen LogP contribution < -0.4 is 14.9 Å². The molecule has 0 bridgehead atoms. The van der Waals surface area contributed by atoms with Crippen LogP contribution in [-0.4, -0.2) is 96.5 Å². The summed E-state index contributed by atoms with van der Waals surface area (Å²) in [5.41, 5.74) is 0.335. The van der Waals surface area contributed by atoms with Crippen molar-refractivity contribution >= 4 is 50.7 Å². The van der Waals surface area contributed by atoms with Crippen LogP contribution in [0.4, 0.5) is 30.7 Å². The number of aromatic amines is 1. The third-order valence-corrected chi connectivity index (χ3v) is 11.9. The minimum absolute atomic E-state index is 0.00182. The number of alkyl halides is 6. The third-order valence-electron chi connectivity index (χ3n) is 9.84. The number of aromatic nitrogens is 1. The molecule has 6 rings (SSSR count). The maximum absolute atomic E-state index is 15.8. The molecule has 2 fully saturated rings. The van der Waals surface area contributed by atoms with E-state index in [0.717, 1.165) is 23.4 Å². The van der Waals surface area contributed by atoms with Crippen LogP contribution in [0.5, 0.6) is 5.75 Å². The van der Waals surface area contributed by atoms with Gasteiger partial charge in [-0.2, -0.15) is 26.3 Å². The first-order chi connectivity index (χ1) is 27.0. The summed E-state index contributed by atoms with van der Waals surface area (Å²) >= 11 is 1.96. The van der Waals surface area contributed by atoms with Crippen LogP contribution in [-0.2, 0) is 38.4 Å². The molecule has 308 valence electrons. The van der Waals surface area contributed by atoms with E-state index in [4.69, 9.17) is 9.47 Å². The Bertz CT molecular complexity index is 2160. The summed E-state index contributed by atoms with van der Waals surface area (Å²) in [6.45, 7) is 4.51. The lowest BCUT2D eigenvalue weighted by atomic mass is 9.89. The van der Waals surface area contributed by atoms with Crippen molar-refractivity contribution < 1.29 is 59.3 Å². The number of piperidine rings is 1. The Morgan fingerprint density at radius 1 is 1.02 bits per heavy atom. The standard InChI is InChI=1S/C37H37F7N4O7S2/c1-2-24-16-23(19-56-24)31(49)48-14-15-53-35(20-48)9-12-47(13-10-35)18-22-5-3-4-21(28(22)38)8-11-45-17-27(55-33(51)37(42,43)44)25-6-7-26(54-32(50)36(39,40)41)29-30(25)57-34(52)46-29/h3-7,16,19,27,45H,2,8-15,17-18,20H2,1H3,(H,46,52)/t27-/m0/s1. The predicted molar refractivity (Wildman–Crippen MR) is 195 cm³/mol. The number of fused-ring (bicyclic) bond motifs is 1. The van der Waals surface area contributed by atoms with Gasteiger partial charge in [0.25, 0.3) is 5.91 Å². The summed E-state index contributed by atoms with van der Waals surface area (Å²) in [4.78, 5) is 55.2. The minimum Gasteiger partial charge on any atom is -0.449 e. The van der Waals surface area contributed by atoms with E-state index in [1.165, 1.54) is 0 Å². The van der Waals surface area contributed by atoms with Crippen LogP contribution in [0.15, 0.2) is 46.6 Å². The molecule has 57 heavy (non-hydrogen) atoms. The van der Waals surface area contributed by atoms with Gasteiger partial charge in [0, 0.05) is 54.1 Å². The summed E-state index contributed by atoms with van der Waals surface area (Å²) < 4.78 is 109. The van der Waals surface area contributed by atoms with E-state index in [9.17, 15) is 45.5 Å². The fraction of sp³-hybridized carbons (Fsp3) is 0.459. The Labute approximate surface area is 328 Å². The monoisotopic (exact) mass is 846 g/mol. The van der Waals surface area contributed by atoms with Crippen molar-refractivity contribution in [1.29, 1.82) is 0 Å². The summed E-state index contributed by atoms with van der Waals surface area (Å²) in [6, 6.07) is 8.66.